The summed E-state index contributed by atoms with van der Waals surface area (Å²) < 4.78 is 19.3. The third-order valence-corrected chi connectivity index (χ3v) is 5.96. The molecule has 1 fully saturated rings. The Morgan fingerprint density at radius 3 is 3.00 bits per heavy atom. The number of hydrogen-bond acceptors (Lipinski definition) is 3. The van der Waals surface area contributed by atoms with Crippen LogP contribution in [0.2, 0.25) is 0 Å². The third-order valence-electron chi connectivity index (χ3n) is 4.75. The highest BCUT2D eigenvalue weighted by atomic mass is 32.2. The summed E-state index contributed by atoms with van der Waals surface area (Å²) >= 11 is 1.67. The molecule has 1 atom stereocenters. The normalized spacial score (nSPS) is 19.2. The van der Waals surface area contributed by atoms with Crippen molar-refractivity contribution >= 4 is 23.4 Å². The molecular formula is C20H20FNO2S. The highest BCUT2D eigenvalue weighted by Crippen LogP contribution is 2.33. The molecule has 1 amide bonds. The van der Waals surface area contributed by atoms with Crippen molar-refractivity contribution in [2.45, 2.75) is 30.3 Å². The second-order valence-electron chi connectivity index (χ2n) is 6.42. The molecule has 130 valence electrons. The van der Waals surface area contributed by atoms with Crippen LogP contribution in [0.5, 0.6) is 0 Å². The number of rotatable bonds is 4. The van der Waals surface area contributed by atoms with Gasteiger partial charge in [0.1, 0.15) is 5.82 Å². The first-order chi connectivity index (χ1) is 12.2. The quantitative estimate of drug-likeness (QED) is 0.764. The van der Waals surface area contributed by atoms with Gasteiger partial charge in [0.05, 0.1) is 17.4 Å². The van der Waals surface area contributed by atoms with E-state index in [2.05, 4.69) is 0 Å². The van der Waals surface area contributed by atoms with E-state index in [1.807, 2.05) is 24.3 Å². The number of carbonyl (C=O) groups is 1. The van der Waals surface area contributed by atoms with E-state index in [1.165, 1.54) is 12.1 Å². The van der Waals surface area contributed by atoms with E-state index < -0.39 is 0 Å². The molecule has 0 unspecified atom stereocenters. The Balaban J connectivity index is 1.56. The lowest BCUT2D eigenvalue weighted by Gasteiger charge is -2.19. The maximum absolute atomic E-state index is 13.6. The predicted molar refractivity (Wildman–Crippen MR) is 97.9 cm³/mol. The molecule has 0 bridgehead atoms. The van der Waals surface area contributed by atoms with Crippen LogP contribution in [-0.2, 0) is 11.2 Å². The molecule has 0 radical (unpaired) electrons. The van der Waals surface area contributed by atoms with Crippen LogP contribution in [-0.4, -0.2) is 30.9 Å². The molecule has 0 aliphatic carbocycles. The third kappa shape index (κ3) is 3.44. The summed E-state index contributed by atoms with van der Waals surface area (Å²) in [5, 5.41) is 0. The number of amides is 1. The minimum Gasteiger partial charge on any atom is -0.377 e. The number of thioether (sulfide) groups is 1. The van der Waals surface area contributed by atoms with Gasteiger partial charge in [-0.05, 0) is 49.1 Å². The molecule has 5 heteroatoms. The molecule has 0 spiro atoms. The first kappa shape index (κ1) is 16.6. The predicted octanol–water partition coefficient (Wildman–Crippen LogP) is 4.30. The van der Waals surface area contributed by atoms with Crippen LogP contribution < -0.4 is 4.90 Å². The van der Waals surface area contributed by atoms with Crippen LogP contribution in [0.25, 0.3) is 0 Å². The molecule has 2 aromatic carbocycles. The molecule has 3 nitrogen and oxygen atoms in total. The van der Waals surface area contributed by atoms with Gasteiger partial charge < -0.3 is 9.64 Å². The van der Waals surface area contributed by atoms with E-state index in [4.69, 9.17) is 4.74 Å². The second-order valence-corrected chi connectivity index (χ2v) is 7.48. The van der Waals surface area contributed by atoms with Gasteiger partial charge in [0.2, 0.25) is 0 Å². The van der Waals surface area contributed by atoms with Crippen molar-refractivity contribution in [3.8, 4) is 0 Å². The van der Waals surface area contributed by atoms with Crippen molar-refractivity contribution in [1.29, 1.82) is 0 Å². The maximum Gasteiger partial charge on any atom is 0.259 e. The summed E-state index contributed by atoms with van der Waals surface area (Å²) in [4.78, 5) is 15.8. The van der Waals surface area contributed by atoms with Gasteiger partial charge in [-0.25, -0.2) is 4.39 Å². The molecule has 25 heavy (non-hydrogen) atoms. The van der Waals surface area contributed by atoms with Crippen LogP contribution >= 0.6 is 11.8 Å². The number of ether oxygens (including phenoxy) is 1. The van der Waals surface area contributed by atoms with Crippen molar-refractivity contribution in [1.82, 2.24) is 0 Å². The van der Waals surface area contributed by atoms with E-state index in [1.54, 1.807) is 22.7 Å². The first-order valence-corrected chi connectivity index (χ1v) is 9.64. The molecule has 2 aliphatic heterocycles. The largest absolute Gasteiger partial charge is 0.377 e. The number of nitrogens with zero attached hydrogens (tertiary/aromatic N) is 1. The molecule has 2 aliphatic rings. The summed E-state index contributed by atoms with van der Waals surface area (Å²) in [6.45, 7) is 1.43. The van der Waals surface area contributed by atoms with Crippen LogP contribution in [0.3, 0.4) is 0 Å². The Morgan fingerprint density at radius 1 is 1.28 bits per heavy atom. The Bertz CT molecular complexity index is 789. The average molecular weight is 357 g/mol. The first-order valence-electron chi connectivity index (χ1n) is 8.66. The molecule has 4 rings (SSSR count). The molecule has 2 heterocycles. The van der Waals surface area contributed by atoms with Gasteiger partial charge in [-0.2, -0.15) is 0 Å². The van der Waals surface area contributed by atoms with Crippen molar-refractivity contribution in [3.63, 3.8) is 0 Å². The number of carbonyl (C=O) groups excluding carboxylic acids is 1. The van der Waals surface area contributed by atoms with E-state index in [0.717, 1.165) is 42.1 Å². The zero-order chi connectivity index (χ0) is 17.2. The van der Waals surface area contributed by atoms with Gasteiger partial charge >= 0.3 is 0 Å². The minimum atomic E-state index is -0.306. The summed E-state index contributed by atoms with van der Waals surface area (Å²) in [6.07, 6.45) is 3.24. The van der Waals surface area contributed by atoms with Crippen LogP contribution in [0, 0.1) is 5.82 Å². The zero-order valence-corrected chi connectivity index (χ0v) is 14.7. The lowest BCUT2D eigenvalue weighted by molar-refractivity contribution is 0.0986. The summed E-state index contributed by atoms with van der Waals surface area (Å²) in [5.74, 6) is 0.495. The molecule has 0 aromatic heterocycles. The van der Waals surface area contributed by atoms with Crippen molar-refractivity contribution in [3.05, 3.63) is 59.4 Å². The summed E-state index contributed by atoms with van der Waals surface area (Å²) in [7, 11) is 0. The van der Waals surface area contributed by atoms with Crippen LogP contribution in [0.1, 0.15) is 28.8 Å². The van der Waals surface area contributed by atoms with E-state index >= 15 is 0 Å². The van der Waals surface area contributed by atoms with E-state index in [9.17, 15) is 9.18 Å². The Labute approximate surface area is 151 Å². The molecule has 1 saturated heterocycles. The van der Waals surface area contributed by atoms with Crippen LogP contribution in [0.4, 0.5) is 10.1 Å². The smallest absolute Gasteiger partial charge is 0.259 e. The highest BCUT2D eigenvalue weighted by molar-refractivity contribution is 7.99. The fourth-order valence-electron chi connectivity index (χ4n) is 3.44. The van der Waals surface area contributed by atoms with E-state index in [-0.39, 0.29) is 17.8 Å². The minimum absolute atomic E-state index is 0.0557. The van der Waals surface area contributed by atoms with Gasteiger partial charge in [0.25, 0.3) is 5.91 Å². The Kier molecular flexibility index (Phi) is 4.77. The number of halogens is 1. The maximum atomic E-state index is 13.6. The standard InChI is InChI=1S/C20H20FNO2S/c21-15-8-7-14-9-10-22(18(14)12-15)20(23)17-5-1-2-6-19(17)25-13-16-4-3-11-24-16/h1-2,5-8,12,16H,3-4,9-11,13H2/t16-/m0/s1. The molecular weight excluding hydrogens is 337 g/mol. The fourth-order valence-corrected chi connectivity index (χ4v) is 4.55. The summed E-state index contributed by atoms with van der Waals surface area (Å²) in [6, 6.07) is 12.4. The monoisotopic (exact) mass is 357 g/mol. The average Bonchev–Trinajstić information content (AvgIpc) is 3.29. The van der Waals surface area contributed by atoms with Gasteiger partial charge in [0, 0.05) is 23.8 Å². The fraction of sp³-hybridized carbons (Fsp3) is 0.350. The van der Waals surface area contributed by atoms with Gasteiger partial charge in [-0.3, -0.25) is 4.79 Å². The van der Waals surface area contributed by atoms with Gasteiger partial charge in [0.15, 0.2) is 0 Å². The molecule has 0 saturated carbocycles. The number of fused-ring (bicyclic) bond motifs is 1. The molecule has 2 aromatic rings. The van der Waals surface area contributed by atoms with Gasteiger partial charge in [-0.1, -0.05) is 18.2 Å². The SMILES string of the molecule is O=C(c1ccccc1SC[C@@H]1CCCO1)N1CCc2ccc(F)cc21. The van der Waals surface area contributed by atoms with Crippen LogP contribution in [0.15, 0.2) is 47.4 Å². The van der Waals surface area contributed by atoms with Crippen molar-refractivity contribution < 1.29 is 13.9 Å². The molecule has 0 N–H and O–H groups in total. The van der Waals surface area contributed by atoms with Crippen molar-refractivity contribution in [2.24, 2.45) is 0 Å². The van der Waals surface area contributed by atoms with Gasteiger partial charge in [-0.15, -0.1) is 11.8 Å². The Hall–Kier alpha value is -1.85. The lowest BCUT2D eigenvalue weighted by Crippen LogP contribution is -2.29. The Morgan fingerprint density at radius 2 is 2.16 bits per heavy atom. The van der Waals surface area contributed by atoms with Crippen molar-refractivity contribution in [2.75, 3.05) is 23.8 Å². The lowest BCUT2D eigenvalue weighted by atomic mass is 10.1. The number of benzene rings is 2. The highest BCUT2D eigenvalue weighted by Gasteiger charge is 2.27. The topological polar surface area (TPSA) is 29.5 Å². The zero-order valence-electron chi connectivity index (χ0n) is 13.9. The second kappa shape index (κ2) is 7.18. The number of anilines is 1. The summed E-state index contributed by atoms with van der Waals surface area (Å²) in [5.41, 5.74) is 2.41. The number of hydrogen-bond donors (Lipinski definition) is 0. The van der Waals surface area contributed by atoms with E-state index in [0.29, 0.717) is 17.8 Å².